The maximum atomic E-state index is 14.7. The molecule has 4 N–H and O–H groups in total. The van der Waals surface area contributed by atoms with Gasteiger partial charge in [0.15, 0.2) is 16.0 Å². The molecule has 0 saturated carbocycles. The van der Waals surface area contributed by atoms with Crippen LogP contribution in [0.1, 0.15) is 5.56 Å². The minimum atomic E-state index is -4.36. The zero-order valence-corrected chi connectivity index (χ0v) is 23.7. The molecule has 4 rings (SSSR count). The first-order valence-electron chi connectivity index (χ1n) is 12.1. The number of hydrogen-bond donors (Lipinski definition) is 4. The molecule has 1 aliphatic rings. The number of halogens is 1. The predicted molar refractivity (Wildman–Crippen MR) is 156 cm³/mol. The Morgan fingerprint density at radius 3 is 2.39 bits per heavy atom. The van der Waals surface area contributed by atoms with E-state index in [2.05, 4.69) is 53.6 Å². The lowest BCUT2D eigenvalue weighted by molar-refractivity contribution is 0.311. The Labute approximate surface area is 238 Å². The number of piperazine rings is 1. The Balaban J connectivity index is 0.000000397. The van der Waals surface area contributed by atoms with Gasteiger partial charge in [-0.2, -0.15) is 18.7 Å². The molecule has 220 valence electrons. The van der Waals surface area contributed by atoms with E-state index in [9.17, 15) is 17.0 Å². The molecule has 1 unspecified atom stereocenters. The summed E-state index contributed by atoms with van der Waals surface area (Å²) in [6.07, 6.45) is 1.98. The second-order valence-corrected chi connectivity index (χ2v) is 11.7. The van der Waals surface area contributed by atoms with E-state index in [-0.39, 0.29) is 5.82 Å². The SMILES string of the molecule is C=S(=O)(O)OCS(=O)(=O)O.CN1CCN(c2ccc(Nc3nccc(Nc4cccc(CC#N)c4)n3)cc2F)CC1. The molecule has 0 amide bonds. The van der Waals surface area contributed by atoms with Crippen LogP contribution in [0.15, 0.2) is 54.7 Å². The fourth-order valence-corrected chi connectivity index (χ4v) is 4.73. The third-order valence-electron chi connectivity index (χ3n) is 5.57. The minimum Gasteiger partial charge on any atom is -0.367 e. The van der Waals surface area contributed by atoms with E-state index < -0.39 is 26.1 Å². The second kappa shape index (κ2) is 14.2. The number of nitrogens with one attached hydrogen (secondary N) is 2. The third-order valence-corrected chi connectivity index (χ3v) is 6.62. The standard InChI is InChI=1S/C23H24FN7.C2H6O6S2/c1-30-11-13-31(14-12-30)21-6-5-19(16-20(21)24)28-23-26-10-8-22(29-23)27-18-4-2-3-17(15-18)7-9-25;1-9(3,4)8-2-10(5,6)7/h2-6,8,10,15-16H,7,11-14H2,1H3,(H2,26,27,28,29);1-2H2,(H,3,4)(H,5,6,7). The number of rotatable bonds is 9. The Morgan fingerprint density at radius 2 is 1.78 bits per heavy atom. The summed E-state index contributed by atoms with van der Waals surface area (Å²) < 4.78 is 64.4. The molecule has 1 aromatic heterocycles. The van der Waals surface area contributed by atoms with Crippen LogP contribution in [0, 0.1) is 17.1 Å². The zero-order valence-electron chi connectivity index (χ0n) is 22.1. The number of aromatic nitrogens is 2. The highest BCUT2D eigenvalue weighted by atomic mass is 32.2. The first kappa shape index (κ1) is 31.7. The fourth-order valence-electron chi connectivity index (χ4n) is 3.64. The third kappa shape index (κ3) is 11.3. The van der Waals surface area contributed by atoms with Gasteiger partial charge >= 0.3 is 0 Å². The first-order valence-corrected chi connectivity index (χ1v) is 15.3. The largest absolute Gasteiger partial charge is 0.367 e. The second-order valence-electron chi connectivity index (χ2n) is 8.91. The molecular weight excluding hydrogens is 577 g/mol. The van der Waals surface area contributed by atoms with Crippen molar-refractivity contribution in [3.8, 4) is 6.07 Å². The summed E-state index contributed by atoms with van der Waals surface area (Å²) in [6.45, 7) is 3.47. The Kier molecular flexibility index (Phi) is 10.9. The van der Waals surface area contributed by atoms with Crippen LogP contribution in [-0.4, -0.2) is 81.6 Å². The van der Waals surface area contributed by atoms with Crippen molar-refractivity contribution in [3.05, 3.63) is 66.1 Å². The number of benzene rings is 2. The van der Waals surface area contributed by atoms with Crippen molar-refractivity contribution in [1.29, 1.82) is 5.26 Å². The normalized spacial score (nSPS) is 15.1. The van der Waals surface area contributed by atoms with E-state index in [1.54, 1.807) is 18.3 Å². The molecule has 41 heavy (non-hydrogen) atoms. The van der Waals surface area contributed by atoms with Crippen LogP contribution in [0.5, 0.6) is 0 Å². The number of nitrogens with zero attached hydrogens (tertiary/aromatic N) is 5. The van der Waals surface area contributed by atoms with Crippen molar-refractivity contribution in [2.75, 3.05) is 54.7 Å². The average molecular weight is 608 g/mol. The smallest absolute Gasteiger partial charge is 0.290 e. The van der Waals surface area contributed by atoms with Crippen LogP contribution in [0.4, 0.5) is 33.2 Å². The Hall–Kier alpha value is -3.85. The average Bonchev–Trinajstić information content (AvgIpc) is 2.89. The minimum absolute atomic E-state index is 0.266. The number of nitriles is 1. The lowest BCUT2D eigenvalue weighted by Gasteiger charge is -2.34. The van der Waals surface area contributed by atoms with Gasteiger partial charge in [0.2, 0.25) is 5.95 Å². The quantitative estimate of drug-likeness (QED) is 0.206. The molecule has 3 aromatic rings. The van der Waals surface area contributed by atoms with Crippen LogP contribution in [-0.2, 0) is 30.8 Å². The van der Waals surface area contributed by atoms with Gasteiger partial charge < -0.3 is 20.4 Å². The molecule has 1 atom stereocenters. The molecule has 1 saturated heterocycles. The van der Waals surface area contributed by atoms with Gasteiger partial charge in [0.1, 0.15) is 11.6 Å². The molecule has 16 heteroatoms. The molecule has 0 spiro atoms. The molecule has 13 nitrogen and oxygen atoms in total. The highest BCUT2D eigenvalue weighted by Crippen LogP contribution is 2.25. The van der Waals surface area contributed by atoms with E-state index in [1.165, 1.54) is 6.07 Å². The van der Waals surface area contributed by atoms with Crippen molar-refractivity contribution in [3.63, 3.8) is 0 Å². The van der Waals surface area contributed by atoms with Gasteiger partial charge in [0.25, 0.3) is 10.1 Å². The van der Waals surface area contributed by atoms with Gasteiger partial charge in [-0.3, -0.25) is 13.3 Å². The molecule has 2 heterocycles. The van der Waals surface area contributed by atoms with Gasteiger partial charge in [0.05, 0.1) is 18.2 Å². The van der Waals surface area contributed by atoms with Gasteiger partial charge in [-0.1, -0.05) is 12.1 Å². The molecule has 0 radical (unpaired) electrons. The van der Waals surface area contributed by atoms with Crippen molar-refractivity contribution in [2.45, 2.75) is 6.42 Å². The van der Waals surface area contributed by atoms with Gasteiger partial charge in [-0.25, -0.2) is 13.6 Å². The predicted octanol–water partition coefficient (Wildman–Crippen LogP) is 2.87. The van der Waals surface area contributed by atoms with Crippen LogP contribution in [0.3, 0.4) is 0 Å². The Bertz CT molecular complexity index is 1560. The van der Waals surface area contributed by atoms with Gasteiger partial charge in [-0.15, -0.1) is 0 Å². The summed E-state index contributed by atoms with van der Waals surface area (Å²) in [7, 11) is -6.08. The van der Waals surface area contributed by atoms with E-state index in [0.717, 1.165) is 37.4 Å². The van der Waals surface area contributed by atoms with Crippen LogP contribution in [0.2, 0.25) is 0 Å². The van der Waals surface area contributed by atoms with Crippen LogP contribution >= 0.6 is 0 Å². The molecule has 2 aromatic carbocycles. The van der Waals surface area contributed by atoms with E-state index in [4.69, 9.17) is 14.4 Å². The summed E-state index contributed by atoms with van der Waals surface area (Å²) in [5.41, 5.74) is 2.96. The Morgan fingerprint density at radius 1 is 1.07 bits per heavy atom. The molecule has 0 bridgehead atoms. The first-order chi connectivity index (χ1) is 19.3. The lowest BCUT2D eigenvalue weighted by atomic mass is 10.1. The van der Waals surface area contributed by atoms with Crippen molar-refractivity contribution < 1.29 is 30.3 Å². The maximum Gasteiger partial charge on any atom is 0.290 e. The summed E-state index contributed by atoms with van der Waals surface area (Å²) >= 11 is 0. The molecule has 0 aliphatic carbocycles. The van der Waals surface area contributed by atoms with E-state index in [0.29, 0.717) is 29.6 Å². The van der Waals surface area contributed by atoms with Crippen LogP contribution in [0.25, 0.3) is 0 Å². The maximum absolute atomic E-state index is 14.7. The van der Waals surface area contributed by atoms with Crippen molar-refractivity contribution in [2.24, 2.45) is 0 Å². The summed E-state index contributed by atoms with van der Waals surface area (Å²) in [6, 6.07) is 16.6. The van der Waals surface area contributed by atoms with Crippen molar-refractivity contribution >= 4 is 54.9 Å². The summed E-state index contributed by atoms with van der Waals surface area (Å²) in [5.74, 6) is 2.03. The molecular formula is C25H30FN7O6S2. The number of hydrogen-bond acceptors (Lipinski definition) is 11. The van der Waals surface area contributed by atoms with E-state index >= 15 is 0 Å². The van der Waals surface area contributed by atoms with Crippen LogP contribution < -0.4 is 15.5 Å². The highest BCUT2D eigenvalue weighted by molar-refractivity contribution is 7.91. The highest BCUT2D eigenvalue weighted by Gasteiger charge is 2.17. The molecule has 1 fully saturated rings. The van der Waals surface area contributed by atoms with Crippen molar-refractivity contribution in [1.82, 2.24) is 14.9 Å². The summed E-state index contributed by atoms with van der Waals surface area (Å²) in [5, 5.41) is 15.1. The zero-order chi connectivity index (χ0) is 30.0. The topological polar surface area (TPSA) is 181 Å². The summed E-state index contributed by atoms with van der Waals surface area (Å²) in [4.78, 5) is 13.0. The fraction of sp³-hybridized carbons (Fsp3) is 0.280. The monoisotopic (exact) mass is 607 g/mol. The van der Waals surface area contributed by atoms with Gasteiger partial charge in [0, 0.05) is 49.6 Å². The van der Waals surface area contributed by atoms with Gasteiger partial charge in [-0.05, 0) is 49.0 Å². The molecule has 1 aliphatic heterocycles. The lowest BCUT2D eigenvalue weighted by Crippen LogP contribution is -2.44. The number of likely N-dealkylation sites (N-methyl/N-ethyl adjacent to an activating group) is 1. The number of anilines is 5. The van der Waals surface area contributed by atoms with E-state index in [1.807, 2.05) is 30.3 Å².